The number of amides is 4. The lowest BCUT2D eigenvalue weighted by molar-refractivity contribution is -0.141. The average molecular weight is 465 g/mol. The maximum absolute atomic E-state index is 13.4. The molecule has 2 fully saturated rings. The topological polar surface area (TPSA) is 85.5 Å². The van der Waals surface area contributed by atoms with E-state index in [1.165, 1.54) is 0 Å². The second-order valence-corrected chi connectivity index (χ2v) is 10.2. The maximum atomic E-state index is 13.4. The number of nitrogens with zero attached hydrogens (tertiary/aromatic N) is 2. The fourth-order valence-corrected chi connectivity index (χ4v) is 5.84. The molecule has 1 aromatic carbocycles. The molecular weight excluding hydrogens is 436 g/mol. The summed E-state index contributed by atoms with van der Waals surface area (Å²) in [4.78, 5) is 46.6. The molecule has 1 aliphatic carbocycles. The van der Waals surface area contributed by atoms with Crippen molar-refractivity contribution in [3.05, 3.63) is 58.4 Å². The van der Waals surface area contributed by atoms with E-state index >= 15 is 0 Å². The fraction of sp³-hybridized carbons (Fsp3) is 0.400. The number of thiophene rings is 1. The number of rotatable bonds is 6. The number of hydrogen-bond acceptors (Lipinski definition) is 4. The zero-order valence-corrected chi connectivity index (χ0v) is 19.5. The van der Waals surface area contributed by atoms with Gasteiger partial charge in [0.25, 0.3) is 5.91 Å². The first-order valence-corrected chi connectivity index (χ1v) is 12.3. The molecule has 33 heavy (non-hydrogen) atoms. The van der Waals surface area contributed by atoms with Crippen molar-refractivity contribution < 1.29 is 14.4 Å². The van der Waals surface area contributed by atoms with Crippen LogP contribution in [0.4, 0.5) is 4.79 Å². The van der Waals surface area contributed by atoms with Crippen LogP contribution in [0.5, 0.6) is 0 Å². The number of carbonyl (C=O) groups excluding carboxylic acids is 3. The molecule has 2 N–H and O–H groups in total. The van der Waals surface area contributed by atoms with E-state index in [1.807, 2.05) is 48.8 Å². The van der Waals surface area contributed by atoms with Crippen molar-refractivity contribution >= 4 is 40.1 Å². The van der Waals surface area contributed by atoms with Crippen LogP contribution in [-0.2, 0) is 22.7 Å². The highest BCUT2D eigenvalue weighted by Gasteiger charge is 2.55. The molecule has 0 radical (unpaired) electrons. The quantitative estimate of drug-likeness (QED) is 0.535. The Labute approximate surface area is 196 Å². The summed E-state index contributed by atoms with van der Waals surface area (Å²) in [5.74, 6) is -0.419. The van der Waals surface area contributed by atoms with Crippen LogP contribution in [0.2, 0.25) is 0 Å². The first-order chi connectivity index (χ1) is 16.0. The van der Waals surface area contributed by atoms with Gasteiger partial charge in [-0.25, -0.2) is 4.79 Å². The van der Waals surface area contributed by atoms with E-state index in [9.17, 15) is 14.4 Å². The Morgan fingerprint density at radius 1 is 1.21 bits per heavy atom. The number of aromatic amines is 1. The van der Waals surface area contributed by atoms with E-state index in [2.05, 4.69) is 16.4 Å². The third-order valence-corrected chi connectivity index (χ3v) is 7.93. The zero-order valence-electron chi connectivity index (χ0n) is 18.7. The molecule has 5 rings (SSSR count). The van der Waals surface area contributed by atoms with Gasteiger partial charge in [0.1, 0.15) is 12.1 Å². The van der Waals surface area contributed by atoms with E-state index in [-0.39, 0.29) is 24.3 Å². The number of fused-ring (bicyclic) bond motifs is 1. The molecule has 1 spiro atoms. The number of nitrogens with one attached hydrogen (secondary N) is 2. The van der Waals surface area contributed by atoms with E-state index < -0.39 is 11.6 Å². The fourth-order valence-electron chi connectivity index (χ4n) is 5.12. The summed E-state index contributed by atoms with van der Waals surface area (Å²) in [6.07, 6.45) is 5.40. The van der Waals surface area contributed by atoms with E-state index in [1.54, 1.807) is 16.2 Å². The van der Waals surface area contributed by atoms with Gasteiger partial charge >= 0.3 is 6.03 Å². The van der Waals surface area contributed by atoms with Crippen molar-refractivity contribution in [3.63, 3.8) is 0 Å². The van der Waals surface area contributed by atoms with Crippen molar-refractivity contribution in [2.75, 3.05) is 6.54 Å². The second kappa shape index (κ2) is 8.67. The third kappa shape index (κ3) is 4.04. The molecular formula is C25H28N4O3S. The van der Waals surface area contributed by atoms with Crippen LogP contribution in [0.1, 0.15) is 43.0 Å². The molecule has 7 nitrogen and oxygen atoms in total. The highest BCUT2D eigenvalue weighted by atomic mass is 32.1. The lowest BCUT2D eigenvalue weighted by Crippen LogP contribution is -2.54. The smallest absolute Gasteiger partial charge is 0.325 e. The van der Waals surface area contributed by atoms with E-state index in [4.69, 9.17) is 0 Å². The number of aromatic nitrogens is 1. The van der Waals surface area contributed by atoms with Gasteiger partial charge in [-0.3, -0.25) is 14.5 Å². The van der Waals surface area contributed by atoms with Crippen molar-refractivity contribution in [1.82, 2.24) is 20.1 Å². The molecule has 3 heterocycles. The Morgan fingerprint density at radius 3 is 2.88 bits per heavy atom. The molecule has 0 bridgehead atoms. The molecule has 2 aromatic heterocycles. The standard InChI is InChI=1S/C25H28N4O3S/c1-17-5-2-3-10-25(17)23(31)29(24(32)27-25)16-22(30)28(15-20-6-4-12-33-20)14-18-7-8-21-19(13-18)9-11-26-21/h4,6-9,11-13,17,26H,2-3,5,10,14-16H2,1H3,(H,27,32). The number of imide groups is 1. The van der Waals surface area contributed by atoms with Crippen LogP contribution in [0.15, 0.2) is 48.0 Å². The molecule has 2 aliphatic rings. The zero-order chi connectivity index (χ0) is 23.0. The first kappa shape index (κ1) is 21.7. The van der Waals surface area contributed by atoms with Gasteiger partial charge in [-0.15, -0.1) is 11.3 Å². The Kier molecular flexibility index (Phi) is 5.70. The van der Waals surface area contributed by atoms with Crippen molar-refractivity contribution in [3.8, 4) is 0 Å². The summed E-state index contributed by atoms with van der Waals surface area (Å²) in [5, 5.41) is 6.00. The van der Waals surface area contributed by atoms with Crippen LogP contribution in [0.25, 0.3) is 10.9 Å². The van der Waals surface area contributed by atoms with Gasteiger partial charge in [0, 0.05) is 23.1 Å². The normalized spacial score (nSPS) is 22.8. The van der Waals surface area contributed by atoms with Crippen LogP contribution < -0.4 is 5.32 Å². The van der Waals surface area contributed by atoms with Crippen molar-refractivity contribution in [2.45, 2.75) is 51.2 Å². The molecule has 1 aliphatic heterocycles. The molecule has 1 saturated heterocycles. The predicted molar refractivity (Wildman–Crippen MR) is 127 cm³/mol. The summed E-state index contributed by atoms with van der Waals surface area (Å²) < 4.78 is 0. The van der Waals surface area contributed by atoms with Gasteiger partial charge in [0.2, 0.25) is 5.91 Å². The predicted octanol–water partition coefficient (Wildman–Crippen LogP) is 4.26. The van der Waals surface area contributed by atoms with Crippen LogP contribution >= 0.6 is 11.3 Å². The number of H-pyrrole nitrogens is 1. The van der Waals surface area contributed by atoms with Gasteiger partial charge in [0.05, 0.1) is 6.54 Å². The van der Waals surface area contributed by atoms with Gasteiger partial charge < -0.3 is 15.2 Å². The Bertz CT molecular complexity index is 1190. The van der Waals surface area contributed by atoms with Crippen LogP contribution in [0.3, 0.4) is 0 Å². The van der Waals surface area contributed by atoms with E-state index in [0.29, 0.717) is 19.5 Å². The van der Waals surface area contributed by atoms with E-state index in [0.717, 1.165) is 45.5 Å². The average Bonchev–Trinajstić information content (AvgIpc) is 3.53. The number of hydrogen-bond donors (Lipinski definition) is 2. The summed E-state index contributed by atoms with van der Waals surface area (Å²) >= 11 is 1.59. The monoisotopic (exact) mass is 464 g/mol. The molecule has 3 aromatic rings. The maximum Gasteiger partial charge on any atom is 0.325 e. The molecule has 4 amide bonds. The highest BCUT2D eigenvalue weighted by Crippen LogP contribution is 2.38. The van der Waals surface area contributed by atoms with Gasteiger partial charge in [-0.05, 0) is 59.4 Å². The summed E-state index contributed by atoms with van der Waals surface area (Å²) in [7, 11) is 0. The SMILES string of the molecule is CC1CCCCC12NC(=O)N(CC(=O)N(Cc1ccc3[nH]ccc3c1)Cc1cccs1)C2=O. The van der Waals surface area contributed by atoms with Gasteiger partial charge in [-0.1, -0.05) is 31.9 Å². The number of benzene rings is 1. The lowest BCUT2D eigenvalue weighted by atomic mass is 9.73. The minimum atomic E-state index is -0.854. The third-order valence-electron chi connectivity index (χ3n) is 7.07. The van der Waals surface area contributed by atoms with Gasteiger partial charge in [0.15, 0.2) is 0 Å². The van der Waals surface area contributed by atoms with Crippen LogP contribution in [-0.4, -0.2) is 44.7 Å². The van der Waals surface area contributed by atoms with Gasteiger partial charge in [-0.2, -0.15) is 0 Å². The highest BCUT2D eigenvalue weighted by molar-refractivity contribution is 7.09. The Hall–Kier alpha value is -3.13. The Morgan fingerprint density at radius 2 is 2.09 bits per heavy atom. The minimum absolute atomic E-state index is 0.0677. The molecule has 172 valence electrons. The molecule has 2 atom stereocenters. The van der Waals surface area contributed by atoms with Crippen molar-refractivity contribution in [2.24, 2.45) is 5.92 Å². The molecule has 1 saturated carbocycles. The summed E-state index contributed by atoms with van der Waals surface area (Å²) in [6.45, 7) is 2.62. The summed E-state index contributed by atoms with van der Waals surface area (Å²) in [5.41, 5.74) is 1.19. The second-order valence-electron chi connectivity index (χ2n) is 9.17. The van der Waals surface area contributed by atoms with Crippen LogP contribution in [0, 0.1) is 5.92 Å². The largest absolute Gasteiger partial charge is 0.361 e. The molecule has 2 unspecified atom stereocenters. The summed E-state index contributed by atoms with van der Waals surface area (Å²) in [6, 6.07) is 11.6. The lowest BCUT2D eigenvalue weighted by Gasteiger charge is -2.36. The molecule has 8 heteroatoms. The number of carbonyl (C=O) groups is 3. The number of urea groups is 1. The first-order valence-electron chi connectivity index (χ1n) is 11.5. The van der Waals surface area contributed by atoms with Crippen molar-refractivity contribution in [1.29, 1.82) is 0 Å². The minimum Gasteiger partial charge on any atom is -0.361 e. The Balaban J connectivity index is 1.36.